The van der Waals surface area contributed by atoms with E-state index in [0.29, 0.717) is 11.5 Å². The molecule has 0 bridgehead atoms. The summed E-state index contributed by atoms with van der Waals surface area (Å²) in [7, 11) is 0. The first-order valence-corrected chi connectivity index (χ1v) is 7.74. The molecule has 2 aliphatic rings. The van der Waals surface area contributed by atoms with E-state index >= 15 is 0 Å². The minimum Gasteiger partial charge on any atom is -0.361 e. The SMILES string of the molecule is CC(C)C1CCC2(CC1)NC(C(C)(C)C)CCO2. The lowest BCUT2D eigenvalue weighted by molar-refractivity contribution is -0.148. The van der Waals surface area contributed by atoms with Crippen LogP contribution < -0.4 is 5.32 Å². The van der Waals surface area contributed by atoms with Gasteiger partial charge in [-0.3, -0.25) is 5.32 Å². The highest BCUT2D eigenvalue weighted by Gasteiger charge is 2.43. The second-order valence-electron chi connectivity index (χ2n) is 7.78. The van der Waals surface area contributed by atoms with E-state index in [1.165, 1.54) is 25.7 Å². The van der Waals surface area contributed by atoms with Crippen molar-refractivity contribution in [1.29, 1.82) is 0 Å². The Kier molecular flexibility index (Phi) is 4.08. The topological polar surface area (TPSA) is 21.3 Å². The lowest BCUT2D eigenvalue weighted by Crippen LogP contribution is -2.61. The van der Waals surface area contributed by atoms with E-state index in [9.17, 15) is 0 Å². The smallest absolute Gasteiger partial charge is 0.119 e. The van der Waals surface area contributed by atoms with E-state index in [1.54, 1.807) is 0 Å². The van der Waals surface area contributed by atoms with Crippen molar-refractivity contribution in [3.05, 3.63) is 0 Å². The summed E-state index contributed by atoms with van der Waals surface area (Å²) in [6.45, 7) is 12.7. The molecule has 0 radical (unpaired) electrons. The predicted molar refractivity (Wildman–Crippen MR) is 76.5 cm³/mol. The molecular weight excluding hydrogens is 222 g/mol. The van der Waals surface area contributed by atoms with Gasteiger partial charge in [0.05, 0.1) is 6.61 Å². The first-order chi connectivity index (χ1) is 8.32. The fourth-order valence-electron chi connectivity index (χ4n) is 3.51. The summed E-state index contributed by atoms with van der Waals surface area (Å²) in [5.41, 5.74) is 0.341. The molecular formula is C16H31NO. The molecule has 1 aliphatic carbocycles. The van der Waals surface area contributed by atoms with Crippen LogP contribution in [0.4, 0.5) is 0 Å². The molecule has 0 amide bonds. The number of ether oxygens (including phenoxy) is 1. The van der Waals surface area contributed by atoms with Crippen molar-refractivity contribution < 1.29 is 4.74 Å². The Morgan fingerprint density at radius 3 is 2.22 bits per heavy atom. The van der Waals surface area contributed by atoms with Gasteiger partial charge in [0.25, 0.3) is 0 Å². The van der Waals surface area contributed by atoms with E-state index in [2.05, 4.69) is 39.9 Å². The standard InChI is InChI=1S/C16H31NO/c1-12(2)13-6-9-16(10-7-13)17-14(8-11-18-16)15(3,4)5/h12-14,17H,6-11H2,1-5H3. The fraction of sp³-hybridized carbons (Fsp3) is 1.00. The van der Waals surface area contributed by atoms with Crippen LogP contribution in [0.15, 0.2) is 0 Å². The fourth-order valence-corrected chi connectivity index (χ4v) is 3.51. The van der Waals surface area contributed by atoms with Crippen molar-refractivity contribution in [3.8, 4) is 0 Å². The van der Waals surface area contributed by atoms with E-state index in [4.69, 9.17) is 4.74 Å². The molecule has 1 aliphatic heterocycles. The van der Waals surface area contributed by atoms with E-state index in [1.807, 2.05) is 0 Å². The number of nitrogens with one attached hydrogen (secondary N) is 1. The summed E-state index contributed by atoms with van der Waals surface area (Å²) in [5, 5.41) is 3.85. The Bertz CT molecular complexity index is 271. The third-order valence-corrected chi connectivity index (χ3v) is 5.05. The maximum atomic E-state index is 6.15. The van der Waals surface area contributed by atoms with Crippen molar-refractivity contribution in [2.45, 2.75) is 78.5 Å². The molecule has 2 heteroatoms. The first kappa shape index (κ1) is 14.3. The summed E-state index contributed by atoms with van der Waals surface area (Å²) in [5.74, 6) is 1.72. The Balaban J connectivity index is 1.97. The number of rotatable bonds is 1. The lowest BCUT2D eigenvalue weighted by Gasteiger charge is -2.49. The van der Waals surface area contributed by atoms with Gasteiger partial charge in [0.2, 0.25) is 0 Å². The highest BCUT2D eigenvalue weighted by atomic mass is 16.5. The minimum absolute atomic E-state index is 0.00157. The molecule has 0 aromatic carbocycles. The maximum Gasteiger partial charge on any atom is 0.119 e. The molecule has 1 unspecified atom stereocenters. The van der Waals surface area contributed by atoms with Crippen LogP contribution >= 0.6 is 0 Å². The van der Waals surface area contributed by atoms with Crippen LogP contribution in [0.1, 0.15) is 66.7 Å². The zero-order valence-electron chi connectivity index (χ0n) is 12.9. The van der Waals surface area contributed by atoms with Crippen LogP contribution in [0.3, 0.4) is 0 Å². The largest absolute Gasteiger partial charge is 0.361 e. The van der Waals surface area contributed by atoms with Crippen LogP contribution in [0, 0.1) is 17.3 Å². The van der Waals surface area contributed by atoms with Gasteiger partial charge in [-0.05, 0) is 49.4 Å². The molecule has 1 saturated heterocycles. The van der Waals surface area contributed by atoms with E-state index in [-0.39, 0.29) is 5.72 Å². The second-order valence-corrected chi connectivity index (χ2v) is 7.78. The van der Waals surface area contributed by atoms with Crippen LogP contribution in [0.25, 0.3) is 0 Å². The summed E-state index contributed by atoms with van der Waals surface area (Å²) in [6.07, 6.45) is 6.19. The van der Waals surface area contributed by atoms with Crippen molar-refractivity contribution in [1.82, 2.24) is 5.32 Å². The molecule has 2 fully saturated rings. The third-order valence-electron chi connectivity index (χ3n) is 5.05. The zero-order chi connectivity index (χ0) is 13.4. The average molecular weight is 253 g/mol. The van der Waals surface area contributed by atoms with Crippen molar-refractivity contribution in [2.75, 3.05) is 6.61 Å². The van der Waals surface area contributed by atoms with Gasteiger partial charge >= 0.3 is 0 Å². The molecule has 1 saturated carbocycles. The summed E-state index contributed by atoms with van der Waals surface area (Å²) in [6, 6.07) is 0.599. The van der Waals surface area contributed by atoms with Crippen LogP contribution in [-0.2, 0) is 4.74 Å². The lowest BCUT2D eigenvalue weighted by atomic mass is 9.75. The van der Waals surface area contributed by atoms with Crippen molar-refractivity contribution in [2.24, 2.45) is 17.3 Å². The normalized spacial score (nSPS) is 38.3. The molecule has 106 valence electrons. The third kappa shape index (κ3) is 3.08. The highest BCUT2D eigenvalue weighted by Crippen LogP contribution is 2.40. The molecule has 18 heavy (non-hydrogen) atoms. The van der Waals surface area contributed by atoms with Gasteiger partial charge in [-0.15, -0.1) is 0 Å². The average Bonchev–Trinajstić information content (AvgIpc) is 2.28. The number of hydrogen-bond donors (Lipinski definition) is 1. The van der Waals surface area contributed by atoms with Gasteiger partial charge in [0.1, 0.15) is 5.72 Å². The summed E-state index contributed by atoms with van der Waals surface area (Å²) < 4.78 is 6.15. The summed E-state index contributed by atoms with van der Waals surface area (Å²) in [4.78, 5) is 0. The Hall–Kier alpha value is -0.0800. The van der Waals surface area contributed by atoms with Gasteiger partial charge < -0.3 is 4.74 Å². The molecule has 1 N–H and O–H groups in total. The van der Waals surface area contributed by atoms with E-state index < -0.39 is 0 Å². The molecule has 1 atom stereocenters. The Morgan fingerprint density at radius 1 is 1.11 bits per heavy atom. The molecule has 1 spiro atoms. The van der Waals surface area contributed by atoms with Gasteiger partial charge in [0, 0.05) is 6.04 Å². The highest BCUT2D eigenvalue weighted by molar-refractivity contribution is 4.94. The Labute approximate surface area is 113 Å². The van der Waals surface area contributed by atoms with Gasteiger partial charge in [-0.1, -0.05) is 34.6 Å². The van der Waals surface area contributed by atoms with Gasteiger partial charge in [-0.2, -0.15) is 0 Å². The Morgan fingerprint density at radius 2 is 1.72 bits per heavy atom. The van der Waals surface area contributed by atoms with Crippen molar-refractivity contribution in [3.63, 3.8) is 0 Å². The molecule has 2 rings (SSSR count). The second kappa shape index (κ2) is 5.13. The van der Waals surface area contributed by atoms with E-state index in [0.717, 1.165) is 24.9 Å². The summed E-state index contributed by atoms with van der Waals surface area (Å²) >= 11 is 0. The predicted octanol–water partition coefficient (Wildman–Crippen LogP) is 3.95. The van der Waals surface area contributed by atoms with Gasteiger partial charge in [-0.25, -0.2) is 0 Å². The van der Waals surface area contributed by atoms with Crippen LogP contribution in [0.5, 0.6) is 0 Å². The quantitative estimate of drug-likeness (QED) is 0.764. The van der Waals surface area contributed by atoms with Crippen molar-refractivity contribution >= 4 is 0 Å². The van der Waals surface area contributed by atoms with Gasteiger partial charge in [0.15, 0.2) is 0 Å². The monoisotopic (exact) mass is 253 g/mol. The first-order valence-electron chi connectivity index (χ1n) is 7.74. The number of hydrogen-bond acceptors (Lipinski definition) is 2. The molecule has 1 heterocycles. The molecule has 2 nitrogen and oxygen atoms in total. The zero-order valence-corrected chi connectivity index (χ0v) is 12.9. The maximum absolute atomic E-state index is 6.15. The van der Waals surface area contributed by atoms with Crippen LogP contribution in [0.2, 0.25) is 0 Å². The minimum atomic E-state index is 0.00157. The molecule has 0 aromatic rings. The molecule has 0 aromatic heterocycles. The van der Waals surface area contributed by atoms with Crippen LogP contribution in [-0.4, -0.2) is 18.4 Å².